The summed E-state index contributed by atoms with van der Waals surface area (Å²) in [6, 6.07) is 1.70. The van der Waals surface area contributed by atoms with E-state index in [9.17, 15) is 9.59 Å². The zero-order chi connectivity index (χ0) is 10.1. The Kier molecular flexibility index (Phi) is 2.33. The maximum Gasteiger partial charge on any atom is 0.321 e. The van der Waals surface area contributed by atoms with E-state index in [-0.39, 0.29) is 6.42 Å². The van der Waals surface area contributed by atoms with Gasteiger partial charge >= 0.3 is 11.9 Å². The zero-order valence-corrected chi connectivity index (χ0v) is 8.65. The molecule has 1 atom stereocenters. The van der Waals surface area contributed by atoms with E-state index < -0.39 is 17.9 Å². The molecule has 1 aromatic rings. The number of hydrogen-bond acceptors (Lipinski definition) is 4. The lowest BCUT2D eigenvalue weighted by atomic mass is 9.99. The summed E-state index contributed by atoms with van der Waals surface area (Å²) in [4.78, 5) is 26.0. The molecule has 0 aliphatic carbocycles. The molecule has 14 heavy (non-hydrogen) atoms. The first-order chi connectivity index (χ1) is 6.68. The monoisotopic (exact) mass is 255 g/mol. The minimum Gasteiger partial charge on any atom is -0.393 e. The van der Waals surface area contributed by atoms with Gasteiger partial charge in [0.05, 0.1) is 12.3 Å². The van der Waals surface area contributed by atoms with Crippen LogP contribution < -0.4 is 0 Å². The Morgan fingerprint density at radius 2 is 2.29 bits per heavy atom. The molecule has 1 saturated heterocycles. The second-order valence-corrected chi connectivity index (χ2v) is 3.80. The summed E-state index contributed by atoms with van der Waals surface area (Å²) >= 11 is 3.27. The number of cyclic esters (lactones) is 2. The average molecular weight is 256 g/mol. The number of hydrogen-bond donors (Lipinski definition) is 0. The van der Waals surface area contributed by atoms with Gasteiger partial charge < -0.3 is 4.74 Å². The van der Waals surface area contributed by atoms with Gasteiger partial charge in [-0.05, 0) is 27.6 Å². The number of esters is 2. The first kappa shape index (κ1) is 9.33. The van der Waals surface area contributed by atoms with Gasteiger partial charge in [-0.3, -0.25) is 14.6 Å². The van der Waals surface area contributed by atoms with E-state index in [0.29, 0.717) is 0 Å². The highest BCUT2D eigenvalue weighted by Gasteiger charge is 2.35. The van der Waals surface area contributed by atoms with Crippen LogP contribution in [0.15, 0.2) is 22.9 Å². The van der Waals surface area contributed by atoms with Gasteiger partial charge in [0, 0.05) is 16.9 Å². The van der Waals surface area contributed by atoms with Crippen molar-refractivity contribution in [1.82, 2.24) is 4.98 Å². The van der Waals surface area contributed by atoms with Crippen LogP contribution in [0.25, 0.3) is 0 Å². The summed E-state index contributed by atoms with van der Waals surface area (Å²) in [5.74, 6) is -1.44. The Labute approximate surface area is 88.4 Å². The molecule has 0 radical (unpaired) electrons. The van der Waals surface area contributed by atoms with Gasteiger partial charge in [-0.25, -0.2) is 0 Å². The first-order valence-corrected chi connectivity index (χ1v) is 4.81. The maximum atomic E-state index is 11.3. The highest BCUT2D eigenvalue weighted by Crippen LogP contribution is 2.31. The van der Waals surface area contributed by atoms with Crippen LogP contribution >= 0.6 is 15.9 Å². The lowest BCUT2D eigenvalue weighted by molar-refractivity contribution is -0.152. The van der Waals surface area contributed by atoms with Crippen molar-refractivity contribution in [3.63, 3.8) is 0 Å². The summed E-state index contributed by atoms with van der Waals surface area (Å²) in [6.07, 6.45) is 3.28. The van der Waals surface area contributed by atoms with Crippen molar-refractivity contribution in [2.24, 2.45) is 0 Å². The molecule has 0 spiro atoms. The molecule has 1 aliphatic heterocycles. The molecular weight excluding hydrogens is 250 g/mol. The van der Waals surface area contributed by atoms with E-state index >= 15 is 0 Å². The first-order valence-electron chi connectivity index (χ1n) is 4.02. The molecule has 1 aromatic heterocycles. The van der Waals surface area contributed by atoms with E-state index in [4.69, 9.17) is 0 Å². The summed E-state index contributed by atoms with van der Waals surface area (Å²) in [5.41, 5.74) is 0.746. The average Bonchev–Trinajstić information content (AvgIpc) is 2.46. The molecule has 0 bridgehead atoms. The molecule has 4 nitrogen and oxygen atoms in total. The molecule has 0 amide bonds. The van der Waals surface area contributed by atoms with Gasteiger partial charge in [0.1, 0.15) is 0 Å². The number of carbonyl (C=O) groups is 2. The molecular formula is C9H6BrNO3. The number of aromatic nitrogens is 1. The van der Waals surface area contributed by atoms with Gasteiger partial charge in [-0.15, -0.1) is 0 Å². The number of nitrogens with zero attached hydrogens (tertiary/aromatic N) is 1. The molecule has 2 heterocycles. The third-order valence-electron chi connectivity index (χ3n) is 2.05. The van der Waals surface area contributed by atoms with E-state index in [1.807, 2.05) is 0 Å². The van der Waals surface area contributed by atoms with Crippen molar-refractivity contribution < 1.29 is 14.3 Å². The van der Waals surface area contributed by atoms with Gasteiger partial charge in [0.15, 0.2) is 0 Å². The largest absolute Gasteiger partial charge is 0.393 e. The van der Waals surface area contributed by atoms with Crippen molar-refractivity contribution in [2.75, 3.05) is 0 Å². The Hall–Kier alpha value is -1.23. The lowest BCUT2D eigenvalue weighted by Crippen LogP contribution is -2.06. The van der Waals surface area contributed by atoms with Crippen LogP contribution in [-0.2, 0) is 14.3 Å². The van der Waals surface area contributed by atoms with Gasteiger partial charge in [0.25, 0.3) is 0 Å². The van der Waals surface area contributed by atoms with Crippen LogP contribution in [0.2, 0.25) is 0 Å². The van der Waals surface area contributed by atoms with Crippen LogP contribution in [0.3, 0.4) is 0 Å². The topological polar surface area (TPSA) is 56.3 Å². The van der Waals surface area contributed by atoms with Crippen LogP contribution in [0.1, 0.15) is 17.9 Å². The fourth-order valence-corrected chi connectivity index (χ4v) is 1.91. The minimum atomic E-state index is -0.486. The molecule has 5 heteroatoms. The fraction of sp³-hybridized carbons (Fsp3) is 0.222. The predicted molar refractivity (Wildman–Crippen MR) is 50.4 cm³/mol. The minimum absolute atomic E-state index is 0.113. The Morgan fingerprint density at radius 3 is 2.86 bits per heavy atom. The normalized spacial score (nSPS) is 21.1. The van der Waals surface area contributed by atoms with Crippen LogP contribution in [0, 0.1) is 0 Å². The van der Waals surface area contributed by atoms with Crippen molar-refractivity contribution in [3.05, 3.63) is 28.5 Å². The van der Waals surface area contributed by atoms with Crippen LogP contribution in [0.4, 0.5) is 0 Å². The van der Waals surface area contributed by atoms with E-state index in [0.717, 1.165) is 10.0 Å². The number of rotatable bonds is 1. The van der Waals surface area contributed by atoms with Gasteiger partial charge in [-0.2, -0.15) is 0 Å². The smallest absolute Gasteiger partial charge is 0.321 e. The molecule has 1 fully saturated rings. The highest BCUT2D eigenvalue weighted by atomic mass is 79.9. The van der Waals surface area contributed by atoms with Crippen molar-refractivity contribution >= 4 is 27.9 Å². The molecule has 72 valence electrons. The summed E-state index contributed by atoms with van der Waals surface area (Å²) in [7, 11) is 0. The maximum absolute atomic E-state index is 11.3. The standard InChI is InChI=1S/C9H6BrNO3/c10-7-4-11-2-1-5(7)6-3-8(12)14-9(6)13/h1-2,4,6H,3H2. The van der Waals surface area contributed by atoms with E-state index in [2.05, 4.69) is 25.7 Å². The molecule has 2 rings (SSSR count). The Balaban J connectivity index is 2.36. The second kappa shape index (κ2) is 3.49. The van der Waals surface area contributed by atoms with Crippen molar-refractivity contribution in [3.8, 4) is 0 Å². The van der Waals surface area contributed by atoms with Crippen molar-refractivity contribution in [1.29, 1.82) is 0 Å². The third kappa shape index (κ3) is 1.55. The quantitative estimate of drug-likeness (QED) is 0.563. The van der Waals surface area contributed by atoms with Gasteiger partial charge in [0.2, 0.25) is 0 Å². The molecule has 0 N–H and O–H groups in total. The summed E-state index contributed by atoms with van der Waals surface area (Å²) < 4.78 is 5.18. The van der Waals surface area contributed by atoms with Gasteiger partial charge in [-0.1, -0.05) is 0 Å². The molecule has 1 unspecified atom stereocenters. The number of pyridine rings is 1. The van der Waals surface area contributed by atoms with Crippen LogP contribution in [-0.4, -0.2) is 16.9 Å². The third-order valence-corrected chi connectivity index (χ3v) is 2.71. The number of carbonyl (C=O) groups excluding carboxylic acids is 2. The SMILES string of the molecule is O=C1CC(c2ccncc2Br)C(=O)O1. The molecule has 1 aliphatic rings. The Morgan fingerprint density at radius 1 is 1.50 bits per heavy atom. The predicted octanol–water partition coefficient (Wildman–Crippen LogP) is 1.40. The summed E-state index contributed by atoms with van der Waals surface area (Å²) in [5, 5.41) is 0. The Bertz CT molecular complexity index is 405. The number of ether oxygens (including phenoxy) is 1. The lowest BCUT2D eigenvalue weighted by Gasteiger charge is -2.05. The second-order valence-electron chi connectivity index (χ2n) is 2.95. The fourth-order valence-electron chi connectivity index (χ4n) is 1.38. The molecule has 0 saturated carbocycles. The van der Waals surface area contributed by atoms with Crippen LogP contribution in [0.5, 0.6) is 0 Å². The summed E-state index contributed by atoms with van der Waals surface area (Å²) in [6.45, 7) is 0. The highest BCUT2D eigenvalue weighted by molar-refractivity contribution is 9.10. The number of halogens is 1. The molecule has 0 aromatic carbocycles. The van der Waals surface area contributed by atoms with E-state index in [1.54, 1.807) is 18.5 Å². The van der Waals surface area contributed by atoms with E-state index in [1.165, 1.54) is 0 Å². The van der Waals surface area contributed by atoms with Crippen molar-refractivity contribution in [2.45, 2.75) is 12.3 Å². The zero-order valence-electron chi connectivity index (χ0n) is 7.07.